The van der Waals surface area contributed by atoms with Crippen molar-refractivity contribution in [2.75, 3.05) is 11.5 Å². The Hall–Kier alpha value is 0.490. The monoisotopic (exact) mass is 188 g/mol. The fourth-order valence-electron chi connectivity index (χ4n) is 0.714. The molecule has 0 N–H and O–H groups in total. The van der Waals surface area contributed by atoms with E-state index < -0.39 is 12.6 Å². The van der Waals surface area contributed by atoms with E-state index in [-0.39, 0.29) is 4.58 Å². The number of alkyl halides is 3. The van der Waals surface area contributed by atoms with Gasteiger partial charge in [0.2, 0.25) is 0 Å². The fourth-order valence-corrected chi connectivity index (χ4v) is 3.59. The van der Waals surface area contributed by atoms with Crippen LogP contribution in [-0.4, -0.2) is 22.3 Å². The first-order chi connectivity index (χ1) is 4.58. The summed E-state index contributed by atoms with van der Waals surface area (Å²) in [5.41, 5.74) is 0. The summed E-state index contributed by atoms with van der Waals surface area (Å²) in [7, 11) is 0. The highest BCUT2D eigenvalue weighted by Gasteiger charge is 2.33. The van der Waals surface area contributed by atoms with E-state index in [1.165, 1.54) is 23.5 Å². The summed E-state index contributed by atoms with van der Waals surface area (Å²) in [5, 5.41) is 0. The molecule has 60 valence electrons. The SMILES string of the molecule is FC(F)(F)CC1SCCS1. The lowest BCUT2D eigenvalue weighted by Crippen LogP contribution is -2.12. The molecule has 0 aromatic heterocycles. The zero-order valence-electron chi connectivity index (χ0n) is 5.15. The van der Waals surface area contributed by atoms with Crippen molar-refractivity contribution >= 4 is 23.5 Å². The zero-order chi connectivity index (χ0) is 7.61. The Balaban J connectivity index is 2.24. The van der Waals surface area contributed by atoms with Crippen molar-refractivity contribution in [3.05, 3.63) is 0 Å². The molecule has 0 radical (unpaired) electrons. The van der Waals surface area contributed by atoms with E-state index in [1.54, 1.807) is 0 Å². The van der Waals surface area contributed by atoms with Gasteiger partial charge >= 0.3 is 6.18 Å². The molecular formula is C5H7F3S2. The Morgan fingerprint density at radius 3 is 2.10 bits per heavy atom. The predicted molar refractivity (Wildman–Crippen MR) is 39.4 cm³/mol. The molecule has 1 saturated heterocycles. The van der Waals surface area contributed by atoms with E-state index in [2.05, 4.69) is 0 Å². The zero-order valence-corrected chi connectivity index (χ0v) is 6.78. The van der Waals surface area contributed by atoms with E-state index in [0.29, 0.717) is 0 Å². The van der Waals surface area contributed by atoms with Gasteiger partial charge in [0, 0.05) is 11.5 Å². The van der Waals surface area contributed by atoms with Gasteiger partial charge in [0.15, 0.2) is 0 Å². The van der Waals surface area contributed by atoms with Gasteiger partial charge in [-0.1, -0.05) is 0 Å². The van der Waals surface area contributed by atoms with Crippen molar-refractivity contribution in [2.24, 2.45) is 0 Å². The van der Waals surface area contributed by atoms with Crippen LogP contribution in [0.4, 0.5) is 13.2 Å². The first kappa shape index (κ1) is 8.59. The van der Waals surface area contributed by atoms with Crippen molar-refractivity contribution in [1.82, 2.24) is 0 Å². The first-order valence-electron chi connectivity index (χ1n) is 2.88. The minimum absolute atomic E-state index is 0.236. The molecule has 0 aliphatic carbocycles. The lowest BCUT2D eigenvalue weighted by atomic mass is 10.5. The maximum absolute atomic E-state index is 11.7. The van der Waals surface area contributed by atoms with Crippen LogP contribution in [-0.2, 0) is 0 Å². The van der Waals surface area contributed by atoms with E-state index in [4.69, 9.17) is 0 Å². The average molecular weight is 188 g/mol. The van der Waals surface area contributed by atoms with Crippen LogP contribution in [0.3, 0.4) is 0 Å². The Labute approximate surface area is 65.9 Å². The standard InChI is InChI=1S/C5H7F3S2/c6-5(7,8)3-4-9-1-2-10-4/h4H,1-3H2. The van der Waals surface area contributed by atoms with Crippen LogP contribution in [0.2, 0.25) is 0 Å². The van der Waals surface area contributed by atoms with Crippen LogP contribution in [0.1, 0.15) is 6.42 Å². The number of thioether (sulfide) groups is 2. The number of rotatable bonds is 1. The van der Waals surface area contributed by atoms with Gasteiger partial charge < -0.3 is 0 Å². The summed E-state index contributed by atoms with van der Waals surface area (Å²) in [4.78, 5) is 0. The van der Waals surface area contributed by atoms with Crippen molar-refractivity contribution in [1.29, 1.82) is 0 Å². The van der Waals surface area contributed by atoms with Crippen molar-refractivity contribution in [2.45, 2.75) is 17.2 Å². The molecule has 0 bridgehead atoms. The summed E-state index contributed by atoms with van der Waals surface area (Å²) in [5.74, 6) is 1.73. The van der Waals surface area contributed by atoms with Gasteiger partial charge in [0.25, 0.3) is 0 Å². The third-order valence-electron chi connectivity index (χ3n) is 1.09. The van der Waals surface area contributed by atoms with E-state index in [1.807, 2.05) is 0 Å². The molecule has 5 heteroatoms. The summed E-state index contributed by atoms with van der Waals surface area (Å²) >= 11 is 2.82. The van der Waals surface area contributed by atoms with E-state index in [9.17, 15) is 13.2 Å². The quantitative estimate of drug-likeness (QED) is 0.620. The Kier molecular flexibility index (Phi) is 2.80. The second-order valence-corrected chi connectivity index (χ2v) is 4.91. The maximum Gasteiger partial charge on any atom is 0.390 e. The van der Waals surface area contributed by atoms with Crippen LogP contribution < -0.4 is 0 Å². The molecule has 0 aromatic carbocycles. The number of hydrogen-bond donors (Lipinski definition) is 0. The molecule has 0 nitrogen and oxygen atoms in total. The second kappa shape index (κ2) is 3.26. The maximum atomic E-state index is 11.7. The lowest BCUT2D eigenvalue weighted by molar-refractivity contribution is -0.130. The Morgan fingerprint density at radius 1 is 1.20 bits per heavy atom. The molecule has 0 saturated carbocycles. The number of hydrogen-bond acceptors (Lipinski definition) is 2. The third kappa shape index (κ3) is 3.05. The second-order valence-electron chi connectivity index (χ2n) is 1.99. The van der Waals surface area contributed by atoms with Crippen molar-refractivity contribution < 1.29 is 13.2 Å². The van der Waals surface area contributed by atoms with Crippen LogP contribution >= 0.6 is 23.5 Å². The molecule has 1 fully saturated rings. The summed E-state index contributed by atoms with van der Waals surface area (Å²) in [6, 6.07) is 0. The van der Waals surface area contributed by atoms with Crippen molar-refractivity contribution in [3.63, 3.8) is 0 Å². The van der Waals surface area contributed by atoms with Gasteiger partial charge in [0.05, 0.1) is 11.0 Å². The van der Waals surface area contributed by atoms with Crippen molar-refractivity contribution in [3.8, 4) is 0 Å². The molecule has 1 aliphatic rings. The summed E-state index contributed by atoms with van der Waals surface area (Å²) in [6.07, 6.45) is -4.61. The average Bonchev–Trinajstić information content (AvgIpc) is 2.12. The smallest absolute Gasteiger partial charge is 0.171 e. The van der Waals surface area contributed by atoms with Gasteiger partial charge in [-0.15, -0.1) is 23.5 Å². The highest BCUT2D eigenvalue weighted by atomic mass is 32.2. The van der Waals surface area contributed by atoms with E-state index in [0.717, 1.165) is 11.5 Å². The molecule has 0 unspecified atom stereocenters. The predicted octanol–water partition coefficient (Wildman–Crippen LogP) is 2.74. The van der Waals surface area contributed by atoms with Gasteiger partial charge in [-0.2, -0.15) is 13.2 Å². The molecule has 1 aliphatic heterocycles. The lowest BCUT2D eigenvalue weighted by Gasteiger charge is -2.09. The van der Waals surface area contributed by atoms with Crippen LogP contribution in [0.15, 0.2) is 0 Å². The van der Waals surface area contributed by atoms with Gasteiger partial charge in [0.1, 0.15) is 0 Å². The topological polar surface area (TPSA) is 0 Å². The molecule has 10 heavy (non-hydrogen) atoms. The highest BCUT2D eigenvalue weighted by molar-refractivity contribution is 8.20. The summed E-state index contributed by atoms with van der Waals surface area (Å²) in [6.45, 7) is 0. The molecule has 0 aromatic rings. The molecule has 1 heterocycles. The molecule has 0 atom stereocenters. The van der Waals surface area contributed by atoms with Gasteiger partial charge in [-0.05, 0) is 0 Å². The fraction of sp³-hybridized carbons (Fsp3) is 1.00. The van der Waals surface area contributed by atoms with E-state index >= 15 is 0 Å². The minimum atomic E-state index is -3.98. The van der Waals surface area contributed by atoms with Gasteiger partial charge in [-0.25, -0.2) is 0 Å². The first-order valence-corrected chi connectivity index (χ1v) is 4.98. The van der Waals surface area contributed by atoms with Crippen LogP contribution in [0, 0.1) is 0 Å². The molecule has 1 rings (SSSR count). The molecular weight excluding hydrogens is 181 g/mol. The third-order valence-corrected chi connectivity index (χ3v) is 4.12. The Bertz CT molecular complexity index is 106. The normalized spacial score (nSPS) is 21.9. The van der Waals surface area contributed by atoms with Crippen LogP contribution in [0.25, 0.3) is 0 Å². The summed E-state index contributed by atoms with van der Waals surface area (Å²) < 4.78 is 34.8. The Morgan fingerprint density at radius 2 is 1.70 bits per heavy atom. The van der Waals surface area contributed by atoms with Gasteiger partial charge in [-0.3, -0.25) is 0 Å². The molecule has 0 spiro atoms. The highest BCUT2D eigenvalue weighted by Crippen LogP contribution is 2.39. The minimum Gasteiger partial charge on any atom is -0.171 e. The number of halogens is 3. The largest absolute Gasteiger partial charge is 0.390 e. The van der Waals surface area contributed by atoms with Crippen LogP contribution in [0.5, 0.6) is 0 Å². The molecule has 0 amide bonds.